The number of hydrogen-bond acceptors (Lipinski definition) is 3. The molecule has 3 aliphatic rings. The van der Waals surface area contributed by atoms with Gasteiger partial charge in [0.05, 0.1) is 5.69 Å². The first-order valence-corrected chi connectivity index (χ1v) is 27.3. The lowest BCUT2D eigenvalue weighted by atomic mass is 9.34. The quantitative estimate of drug-likeness (QED) is 0.147. The molecule has 0 spiro atoms. The zero-order valence-corrected chi connectivity index (χ0v) is 41.7. The number of hydrogen-bond donors (Lipinski definition) is 0. The Hall–Kier alpha value is -7.57. The molecule has 0 amide bonds. The highest BCUT2D eigenvalue weighted by atomic mass is 32.2. The molecule has 3 aliphatic heterocycles. The minimum absolute atomic E-state index is 0.00895. The van der Waals surface area contributed by atoms with Gasteiger partial charge in [-0.05, 0) is 139 Å². The van der Waals surface area contributed by atoms with E-state index >= 15 is 0 Å². The Balaban J connectivity index is 1.12. The van der Waals surface area contributed by atoms with Crippen molar-refractivity contribution in [3.05, 3.63) is 248 Å². The maximum atomic E-state index is 2.70. The summed E-state index contributed by atoms with van der Waals surface area (Å²) in [6.07, 6.45) is 0. The van der Waals surface area contributed by atoms with Crippen LogP contribution in [-0.2, 0) is 5.41 Å². The topological polar surface area (TPSA) is 6.48 Å². The second kappa shape index (κ2) is 16.5. The molecule has 0 unspecified atom stereocenters. The van der Waals surface area contributed by atoms with Crippen LogP contribution in [0.4, 0.5) is 34.1 Å². The van der Waals surface area contributed by atoms with Gasteiger partial charge in [0.2, 0.25) is 6.71 Å². The van der Waals surface area contributed by atoms with Crippen molar-refractivity contribution in [2.75, 3.05) is 9.80 Å². The minimum Gasteiger partial charge on any atom is -0.311 e. The SMILES string of the molecule is Cc1cc2c3c(c1)N(c1ccc(C(C)(C)C)cc1-c1ccccc1)c1cc4c(cc1B3c1ccc(N(c3ccccc3)c3ccccc3)cc1S2)[Si](c1ccccc1)(c1ccccc1)c1ccccc1-4. The number of anilines is 6. The summed E-state index contributed by atoms with van der Waals surface area (Å²) in [7, 11) is -2.84. The predicted molar refractivity (Wildman–Crippen MR) is 303 cm³/mol. The van der Waals surface area contributed by atoms with E-state index in [1.165, 1.54) is 97.4 Å². The molecule has 3 heterocycles. The molecule has 0 bridgehead atoms. The van der Waals surface area contributed by atoms with E-state index < -0.39 is 8.07 Å². The molecule has 70 heavy (non-hydrogen) atoms. The zero-order valence-electron chi connectivity index (χ0n) is 39.9. The van der Waals surface area contributed by atoms with Crippen LogP contribution >= 0.6 is 11.8 Å². The van der Waals surface area contributed by atoms with Gasteiger partial charge in [-0.3, -0.25) is 0 Å². The largest absolute Gasteiger partial charge is 0.311 e. The van der Waals surface area contributed by atoms with Gasteiger partial charge in [0.25, 0.3) is 0 Å². The van der Waals surface area contributed by atoms with Crippen molar-refractivity contribution in [1.82, 2.24) is 0 Å². The lowest BCUT2D eigenvalue weighted by Gasteiger charge is -2.42. The molecule has 10 aromatic rings. The van der Waals surface area contributed by atoms with Gasteiger partial charge < -0.3 is 9.80 Å². The van der Waals surface area contributed by atoms with Crippen LogP contribution in [0.3, 0.4) is 0 Å². The molecule has 10 aromatic carbocycles. The van der Waals surface area contributed by atoms with E-state index in [2.05, 4.69) is 274 Å². The van der Waals surface area contributed by atoms with Gasteiger partial charge in [-0.2, -0.15) is 0 Å². The molecule has 334 valence electrons. The number of para-hydroxylation sites is 2. The highest BCUT2D eigenvalue weighted by Crippen LogP contribution is 2.48. The molecule has 0 radical (unpaired) electrons. The molecule has 13 rings (SSSR count). The van der Waals surface area contributed by atoms with Crippen LogP contribution in [0.25, 0.3) is 22.3 Å². The third-order valence-corrected chi connectivity index (χ3v) is 21.0. The Labute approximate surface area is 418 Å². The fourth-order valence-corrected chi connectivity index (χ4v) is 18.3. The Morgan fingerprint density at radius 1 is 0.443 bits per heavy atom. The zero-order chi connectivity index (χ0) is 47.1. The van der Waals surface area contributed by atoms with Crippen LogP contribution in [0.2, 0.25) is 0 Å². The van der Waals surface area contributed by atoms with Crippen molar-refractivity contribution < 1.29 is 0 Å². The summed E-state index contributed by atoms with van der Waals surface area (Å²) in [6, 6.07) is 89.5. The third-order valence-electron chi connectivity index (χ3n) is 15.0. The molecule has 0 fully saturated rings. The van der Waals surface area contributed by atoms with Crippen LogP contribution in [-0.4, -0.2) is 14.8 Å². The van der Waals surface area contributed by atoms with Crippen LogP contribution in [0.15, 0.2) is 246 Å². The number of benzene rings is 10. The highest BCUT2D eigenvalue weighted by Gasteiger charge is 2.51. The van der Waals surface area contributed by atoms with Gasteiger partial charge in [0.1, 0.15) is 0 Å². The van der Waals surface area contributed by atoms with E-state index in [0.29, 0.717) is 0 Å². The highest BCUT2D eigenvalue weighted by molar-refractivity contribution is 8.00. The Bertz CT molecular complexity index is 3550. The molecule has 0 aromatic heterocycles. The number of rotatable bonds is 7. The standard InChI is InChI=1S/C65H51BN2SSi/c1-44-38-59-64-61(39-44)69-60-41-49(67(47-24-12-6-13-25-47)48-26-14-7-15-27-48)35-36-55(60)66(64)56-43-63-54(42-58(56)68(59)57-37-34-46(65(2,3)4)40-53(57)45-22-10-5-11-23-45)52-32-20-21-33-62(52)70(63,50-28-16-8-17-29-50)51-30-18-9-19-31-51/h5-43H,1-4H3. The lowest BCUT2D eigenvalue weighted by molar-refractivity contribution is 0.590. The van der Waals surface area contributed by atoms with Crippen molar-refractivity contribution in [2.24, 2.45) is 0 Å². The molecule has 0 N–H and O–H groups in total. The van der Waals surface area contributed by atoms with Crippen molar-refractivity contribution in [2.45, 2.75) is 42.9 Å². The van der Waals surface area contributed by atoms with E-state index in [4.69, 9.17) is 0 Å². The summed E-state index contributed by atoms with van der Waals surface area (Å²) in [5.74, 6) is 0. The minimum atomic E-state index is -2.84. The van der Waals surface area contributed by atoms with Gasteiger partial charge in [0, 0.05) is 43.8 Å². The Kier molecular flexibility index (Phi) is 10.1. The first kappa shape index (κ1) is 42.5. The molecular formula is C65H51BN2SSi. The van der Waals surface area contributed by atoms with Crippen LogP contribution in [0.1, 0.15) is 31.9 Å². The summed E-state index contributed by atoms with van der Waals surface area (Å²) in [5, 5.41) is 5.74. The maximum Gasteiger partial charge on any atom is 0.249 e. The number of fused-ring (bicyclic) bond motifs is 7. The van der Waals surface area contributed by atoms with E-state index in [1.54, 1.807) is 0 Å². The normalized spacial score (nSPS) is 13.7. The first-order chi connectivity index (χ1) is 34.3. The van der Waals surface area contributed by atoms with Gasteiger partial charge in [0.15, 0.2) is 8.07 Å². The van der Waals surface area contributed by atoms with E-state index in [1.807, 2.05) is 11.8 Å². The van der Waals surface area contributed by atoms with E-state index in [-0.39, 0.29) is 12.1 Å². The molecule has 0 saturated carbocycles. The molecule has 0 aliphatic carbocycles. The van der Waals surface area contributed by atoms with E-state index in [9.17, 15) is 0 Å². The van der Waals surface area contributed by atoms with Crippen LogP contribution < -0.4 is 46.9 Å². The fraction of sp³-hybridized carbons (Fsp3) is 0.0769. The van der Waals surface area contributed by atoms with Gasteiger partial charge in [-0.25, -0.2) is 0 Å². The van der Waals surface area contributed by atoms with Crippen molar-refractivity contribution in [3.8, 4) is 22.3 Å². The molecule has 2 nitrogen and oxygen atoms in total. The molecule has 0 saturated heterocycles. The average molecular weight is 931 g/mol. The summed E-state index contributed by atoms with van der Waals surface area (Å²) in [4.78, 5) is 7.65. The Morgan fingerprint density at radius 3 is 1.69 bits per heavy atom. The van der Waals surface area contributed by atoms with Crippen molar-refractivity contribution in [1.29, 1.82) is 0 Å². The van der Waals surface area contributed by atoms with E-state index in [0.717, 1.165) is 17.1 Å². The van der Waals surface area contributed by atoms with Gasteiger partial charge >= 0.3 is 0 Å². The summed E-state index contributed by atoms with van der Waals surface area (Å²) >= 11 is 1.93. The van der Waals surface area contributed by atoms with Gasteiger partial charge in [-0.15, -0.1) is 0 Å². The summed E-state index contributed by atoms with van der Waals surface area (Å²) < 4.78 is 0. The Morgan fingerprint density at radius 2 is 1.04 bits per heavy atom. The maximum absolute atomic E-state index is 2.84. The van der Waals surface area contributed by atoms with Crippen molar-refractivity contribution in [3.63, 3.8) is 0 Å². The van der Waals surface area contributed by atoms with Crippen molar-refractivity contribution >= 4 is 97.8 Å². The number of aryl methyl sites for hydroxylation is 1. The lowest BCUT2D eigenvalue weighted by Crippen LogP contribution is -2.73. The smallest absolute Gasteiger partial charge is 0.249 e. The average Bonchev–Trinajstić information content (AvgIpc) is 3.69. The molecule has 0 atom stereocenters. The summed E-state index contributed by atoms with van der Waals surface area (Å²) in [5.41, 5.74) is 18.9. The first-order valence-electron chi connectivity index (χ1n) is 24.5. The van der Waals surface area contributed by atoms with Crippen LogP contribution in [0, 0.1) is 6.92 Å². The fourth-order valence-electron chi connectivity index (χ4n) is 11.8. The second-order valence-electron chi connectivity index (χ2n) is 20.1. The summed E-state index contributed by atoms with van der Waals surface area (Å²) in [6.45, 7) is 9.24. The molecular weight excluding hydrogens is 880 g/mol. The van der Waals surface area contributed by atoms with Gasteiger partial charge in [-0.1, -0.05) is 208 Å². The van der Waals surface area contributed by atoms with Crippen LogP contribution in [0.5, 0.6) is 0 Å². The second-order valence-corrected chi connectivity index (χ2v) is 24.9. The number of nitrogens with zero attached hydrogens (tertiary/aromatic N) is 2. The molecule has 5 heteroatoms. The third kappa shape index (κ3) is 6.63. The predicted octanol–water partition coefficient (Wildman–Crippen LogP) is 12.6. The monoisotopic (exact) mass is 930 g/mol.